The van der Waals surface area contributed by atoms with Gasteiger partial charge in [0.05, 0.1) is 19.3 Å². The smallest absolute Gasteiger partial charge is 0.211 e. The molecule has 0 saturated carbocycles. The van der Waals surface area contributed by atoms with Gasteiger partial charge in [-0.1, -0.05) is 18.2 Å². The summed E-state index contributed by atoms with van der Waals surface area (Å²) in [4.78, 5) is 11.2. The van der Waals surface area contributed by atoms with Gasteiger partial charge in [-0.05, 0) is 48.7 Å². The van der Waals surface area contributed by atoms with Gasteiger partial charge in [0.2, 0.25) is 5.89 Å². The Morgan fingerprint density at radius 3 is 2.81 bits per heavy atom. The molecular weight excluding hydrogens is 326 g/mol. The van der Waals surface area contributed by atoms with Crippen LogP contribution in [-0.4, -0.2) is 28.5 Å². The Morgan fingerprint density at radius 1 is 1.15 bits per heavy atom. The third-order valence-electron chi connectivity index (χ3n) is 4.87. The summed E-state index contributed by atoms with van der Waals surface area (Å²) < 4.78 is 11.3. The van der Waals surface area contributed by atoms with Gasteiger partial charge in [-0.3, -0.25) is 9.88 Å². The fourth-order valence-corrected chi connectivity index (χ4v) is 3.52. The summed E-state index contributed by atoms with van der Waals surface area (Å²) in [6.45, 7) is 1.95. The van der Waals surface area contributed by atoms with Gasteiger partial charge in [-0.2, -0.15) is 0 Å². The number of ether oxygens (including phenoxy) is 1. The van der Waals surface area contributed by atoms with E-state index in [4.69, 9.17) is 9.15 Å². The standard InChI is InChI=1S/C21H23N3O2/c1-25-18-8-6-16(7-9-18)12-19-14-23-21(26-19)20-5-3-11-24(20)15-17-4-2-10-22-13-17/h2,4,6-10,13-14,20H,3,5,11-12,15H2,1H3. The molecule has 1 fully saturated rings. The highest BCUT2D eigenvalue weighted by molar-refractivity contribution is 5.29. The van der Waals surface area contributed by atoms with Crippen LogP contribution in [0.1, 0.15) is 41.7 Å². The minimum Gasteiger partial charge on any atom is -0.497 e. The van der Waals surface area contributed by atoms with E-state index in [0.717, 1.165) is 43.3 Å². The third-order valence-corrected chi connectivity index (χ3v) is 4.87. The molecular formula is C21H23N3O2. The van der Waals surface area contributed by atoms with Crippen LogP contribution in [0, 0.1) is 0 Å². The van der Waals surface area contributed by atoms with Crippen LogP contribution < -0.4 is 4.74 Å². The van der Waals surface area contributed by atoms with E-state index in [1.807, 2.05) is 36.8 Å². The average molecular weight is 349 g/mol. The first-order chi connectivity index (χ1) is 12.8. The molecule has 5 nitrogen and oxygen atoms in total. The second kappa shape index (κ2) is 7.70. The lowest BCUT2D eigenvalue weighted by molar-refractivity contribution is 0.212. The molecule has 0 radical (unpaired) electrons. The van der Waals surface area contributed by atoms with Crippen LogP contribution in [0.2, 0.25) is 0 Å². The number of aromatic nitrogens is 2. The van der Waals surface area contributed by atoms with Crippen LogP contribution in [0.5, 0.6) is 5.75 Å². The highest BCUT2D eigenvalue weighted by atomic mass is 16.5. The van der Waals surface area contributed by atoms with Crippen LogP contribution in [0.3, 0.4) is 0 Å². The van der Waals surface area contributed by atoms with Crippen LogP contribution in [0.15, 0.2) is 59.4 Å². The summed E-state index contributed by atoms with van der Waals surface area (Å²) in [6.07, 6.45) is 8.60. The number of likely N-dealkylation sites (tertiary alicyclic amines) is 1. The predicted molar refractivity (Wildman–Crippen MR) is 98.9 cm³/mol. The minimum atomic E-state index is 0.250. The van der Waals surface area contributed by atoms with E-state index in [0.29, 0.717) is 0 Å². The summed E-state index contributed by atoms with van der Waals surface area (Å²) in [5, 5.41) is 0. The molecule has 134 valence electrons. The Balaban J connectivity index is 1.44. The number of benzene rings is 1. The Morgan fingerprint density at radius 2 is 2.04 bits per heavy atom. The molecule has 0 aliphatic carbocycles. The zero-order chi connectivity index (χ0) is 17.8. The molecule has 26 heavy (non-hydrogen) atoms. The fraction of sp³-hybridized carbons (Fsp3) is 0.333. The van der Waals surface area contributed by atoms with Gasteiger partial charge >= 0.3 is 0 Å². The Kier molecular flexibility index (Phi) is 4.97. The Hall–Kier alpha value is -2.66. The highest BCUT2D eigenvalue weighted by Gasteiger charge is 2.29. The van der Waals surface area contributed by atoms with Crippen molar-refractivity contribution in [1.82, 2.24) is 14.9 Å². The SMILES string of the molecule is COc1ccc(Cc2cnc(C3CCCN3Cc3cccnc3)o2)cc1. The van der Waals surface area contributed by atoms with Crippen LogP contribution in [0.25, 0.3) is 0 Å². The zero-order valence-corrected chi connectivity index (χ0v) is 15.0. The van der Waals surface area contributed by atoms with Crippen LogP contribution in [0.4, 0.5) is 0 Å². The topological polar surface area (TPSA) is 51.4 Å². The molecule has 1 aromatic carbocycles. The molecule has 0 spiro atoms. The first kappa shape index (κ1) is 16.8. The monoisotopic (exact) mass is 349 g/mol. The van der Waals surface area contributed by atoms with Gasteiger partial charge in [-0.25, -0.2) is 4.98 Å². The fourth-order valence-electron chi connectivity index (χ4n) is 3.52. The lowest BCUT2D eigenvalue weighted by atomic mass is 10.1. The quantitative estimate of drug-likeness (QED) is 0.673. The lowest BCUT2D eigenvalue weighted by Crippen LogP contribution is -2.23. The number of nitrogens with zero attached hydrogens (tertiary/aromatic N) is 3. The normalized spacial score (nSPS) is 17.5. The first-order valence-electron chi connectivity index (χ1n) is 9.02. The first-order valence-corrected chi connectivity index (χ1v) is 9.02. The van der Waals surface area contributed by atoms with Gasteiger partial charge in [-0.15, -0.1) is 0 Å². The Labute approximate surface area is 153 Å². The molecule has 0 bridgehead atoms. The maximum Gasteiger partial charge on any atom is 0.211 e. The predicted octanol–water partition coefficient (Wildman–Crippen LogP) is 4.01. The van der Waals surface area contributed by atoms with E-state index in [1.165, 1.54) is 17.5 Å². The van der Waals surface area contributed by atoms with E-state index >= 15 is 0 Å². The molecule has 5 heteroatoms. The summed E-state index contributed by atoms with van der Waals surface area (Å²) in [7, 11) is 1.68. The number of hydrogen-bond donors (Lipinski definition) is 0. The molecule has 1 atom stereocenters. The second-order valence-electron chi connectivity index (χ2n) is 6.68. The maximum absolute atomic E-state index is 6.10. The summed E-state index contributed by atoms with van der Waals surface area (Å²) >= 11 is 0. The molecule has 1 unspecified atom stereocenters. The maximum atomic E-state index is 6.10. The van der Waals surface area contributed by atoms with Crippen molar-refractivity contribution in [3.8, 4) is 5.75 Å². The zero-order valence-electron chi connectivity index (χ0n) is 15.0. The van der Waals surface area contributed by atoms with Crippen molar-refractivity contribution in [3.05, 3.63) is 77.8 Å². The molecule has 0 amide bonds. The lowest BCUT2D eigenvalue weighted by Gasteiger charge is -2.21. The summed E-state index contributed by atoms with van der Waals surface area (Å²) in [6, 6.07) is 12.4. The minimum absolute atomic E-state index is 0.250. The molecule has 0 N–H and O–H groups in total. The number of hydrogen-bond acceptors (Lipinski definition) is 5. The van der Waals surface area contributed by atoms with E-state index < -0.39 is 0 Å². The summed E-state index contributed by atoms with van der Waals surface area (Å²) in [5.74, 6) is 2.59. The van der Waals surface area contributed by atoms with Crippen molar-refractivity contribution in [1.29, 1.82) is 0 Å². The number of oxazole rings is 1. The third kappa shape index (κ3) is 3.78. The van der Waals surface area contributed by atoms with Gasteiger partial charge in [0.15, 0.2) is 0 Å². The van der Waals surface area contributed by atoms with Crippen LogP contribution >= 0.6 is 0 Å². The molecule has 3 heterocycles. The largest absolute Gasteiger partial charge is 0.497 e. The van der Waals surface area contributed by atoms with Crippen molar-refractivity contribution in [3.63, 3.8) is 0 Å². The van der Waals surface area contributed by atoms with Crippen molar-refractivity contribution in [2.45, 2.75) is 31.8 Å². The van der Waals surface area contributed by atoms with Gasteiger partial charge in [0.25, 0.3) is 0 Å². The number of rotatable bonds is 6. The van der Waals surface area contributed by atoms with Crippen molar-refractivity contribution >= 4 is 0 Å². The van der Waals surface area contributed by atoms with Gasteiger partial charge < -0.3 is 9.15 Å². The molecule has 2 aromatic heterocycles. The molecule has 1 aliphatic heterocycles. The highest BCUT2D eigenvalue weighted by Crippen LogP contribution is 2.33. The van der Waals surface area contributed by atoms with Gasteiger partial charge in [0, 0.05) is 25.4 Å². The van der Waals surface area contributed by atoms with Crippen LogP contribution in [-0.2, 0) is 13.0 Å². The van der Waals surface area contributed by atoms with Crippen molar-refractivity contribution < 1.29 is 9.15 Å². The summed E-state index contributed by atoms with van der Waals surface area (Å²) in [5.41, 5.74) is 2.41. The number of pyridine rings is 1. The van der Waals surface area contributed by atoms with Gasteiger partial charge in [0.1, 0.15) is 11.5 Å². The van der Waals surface area contributed by atoms with Crippen molar-refractivity contribution in [2.75, 3.05) is 13.7 Å². The molecule has 3 aromatic rings. The molecule has 1 aliphatic rings. The molecule has 1 saturated heterocycles. The molecule has 4 rings (SSSR count). The number of methoxy groups -OCH3 is 1. The van der Waals surface area contributed by atoms with E-state index in [2.05, 4.69) is 33.1 Å². The second-order valence-corrected chi connectivity index (χ2v) is 6.68. The van der Waals surface area contributed by atoms with E-state index in [-0.39, 0.29) is 6.04 Å². The average Bonchev–Trinajstić information content (AvgIpc) is 3.32. The van der Waals surface area contributed by atoms with E-state index in [9.17, 15) is 0 Å². The van der Waals surface area contributed by atoms with Crippen molar-refractivity contribution in [2.24, 2.45) is 0 Å². The van der Waals surface area contributed by atoms with E-state index in [1.54, 1.807) is 7.11 Å². The Bertz CT molecular complexity index is 830.